The van der Waals surface area contributed by atoms with Gasteiger partial charge >= 0.3 is 0 Å². The Kier molecular flexibility index (Phi) is 6.81. The van der Waals surface area contributed by atoms with Gasteiger partial charge in [-0.3, -0.25) is 4.79 Å². The maximum Gasteiger partial charge on any atom is 0.254 e. The monoisotopic (exact) mass is 441 g/mol. The molecule has 1 aromatic heterocycles. The number of aromatic nitrogens is 1. The van der Waals surface area contributed by atoms with Gasteiger partial charge < -0.3 is 10.6 Å². The zero-order valence-electron chi connectivity index (χ0n) is 16.6. The van der Waals surface area contributed by atoms with E-state index in [1.807, 2.05) is 47.4 Å². The number of rotatable bonds is 2. The molecule has 0 unspecified atom stereocenters. The van der Waals surface area contributed by atoms with E-state index in [-0.39, 0.29) is 36.8 Å². The summed E-state index contributed by atoms with van der Waals surface area (Å²) in [6.45, 7) is 1.37. The van der Waals surface area contributed by atoms with E-state index >= 15 is 0 Å². The van der Waals surface area contributed by atoms with E-state index in [2.05, 4.69) is 18.2 Å². The number of fused-ring (bicyclic) bond motifs is 2. The summed E-state index contributed by atoms with van der Waals surface area (Å²) in [4.78, 5) is 20.3. The van der Waals surface area contributed by atoms with E-state index in [1.54, 1.807) is 0 Å². The molecule has 2 aromatic carbocycles. The predicted molar refractivity (Wildman–Crippen MR) is 127 cm³/mol. The van der Waals surface area contributed by atoms with Gasteiger partial charge in [0.2, 0.25) is 0 Å². The fourth-order valence-electron chi connectivity index (χ4n) is 4.40. The second-order valence-corrected chi connectivity index (χ2v) is 7.71. The predicted octanol–water partition coefficient (Wildman–Crippen LogP) is 4.74. The highest BCUT2D eigenvalue weighted by Gasteiger charge is 2.31. The molecule has 2 heterocycles. The first-order valence-corrected chi connectivity index (χ1v) is 9.93. The third-order valence-corrected chi connectivity index (χ3v) is 5.81. The highest BCUT2D eigenvalue weighted by atomic mass is 35.5. The number of pyridine rings is 1. The first kappa shape index (κ1) is 22.3. The lowest BCUT2D eigenvalue weighted by Gasteiger charge is -2.19. The van der Waals surface area contributed by atoms with Crippen molar-refractivity contribution in [1.29, 1.82) is 0 Å². The van der Waals surface area contributed by atoms with Crippen LogP contribution in [0.4, 0.5) is 0 Å². The summed E-state index contributed by atoms with van der Waals surface area (Å²) in [5, 5.41) is 0.952. The summed E-state index contributed by atoms with van der Waals surface area (Å²) in [6.07, 6.45) is 4.84. The fraction of sp³-hybridized carbons (Fsp3) is 0.250. The van der Waals surface area contributed by atoms with Crippen molar-refractivity contribution in [3.63, 3.8) is 0 Å². The molecule has 0 spiro atoms. The van der Waals surface area contributed by atoms with E-state index in [9.17, 15) is 4.79 Å². The minimum Gasteiger partial charge on any atom is -0.337 e. The average Bonchev–Trinajstić information content (AvgIpc) is 3.33. The first-order chi connectivity index (χ1) is 13.7. The molecule has 0 radical (unpaired) electrons. The van der Waals surface area contributed by atoms with Crippen LogP contribution in [0.15, 0.2) is 54.6 Å². The van der Waals surface area contributed by atoms with Crippen LogP contribution < -0.4 is 5.73 Å². The number of para-hydroxylation sites is 1. The van der Waals surface area contributed by atoms with Gasteiger partial charge in [0.1, 0.15) is 0 Å². The van der Waals surface area contributed by atoms with Crippen molar-refractivity contribution in [2.24, 2.45) is 5.73 Å². The number of hydrogen-bond acceptors (Lipinski definition) is 3. The number of nitrogens with zero attached hydrogens (tertiary/aromatic N) is 2. The second-order valence-electron chi connectivity index (χ2n) is 7.71. The second kappa shape index (κ2) is 9.17. The fourth-order valence-corrected chi connectivity index (χ4v) is 4.40. The number of carbonyl (C=O) groups is 1. The molecule has 30 heavy (non-hydrogen) atoms. The molecule has 1 atom stereocenters. The zero-order chi connectivity index (χ0) is 19.1. The SMILES string of the molecule is Cl.Cl.N[C@@H]1CCN(C(=O)c2c3c(nc4ccccc24)/C(=C\c2ccccc2)CC3)C1. The number of amides is 1. The molecule has 2 aliphatic rings. The summed E-state index contributed by atoms with van der Waals surface area (Å²) in [7, 11) is 0. The molecule has 156 valence electrons. The minimum atomic E-state index is 0. The van der Waals surface area contributed by atoms with Crippen molar-refractivity contribution in [2.75, 3.05) is 13.1 Å². The van der Waals surface area contributed by atoms with Crippen LogP contribution in [-0.2, 0) is 6.42 Å². The molecular weight excluding hydrogens is 417 g/mol. The van der Waals surface area contributed by atoms with Crippen LogP contribution in [0, 0.1) is 0 Å². The summed E-state index contributed by atoms with van der Waals surface area (Å²) in [6, 6.07) is 18.4. The summed E-state index contributed by atoms with van der Waals surface area (Å²) in [5.41, 5.74) is 12.2. The normalized spacial score (nSPS) is 18.8. The standard InChI is InChI=1S/C24H23N3O.2ClH/c25-18-12-13-27(15-18)24(28)22-19-8-4-5-9-21(19)26-23-17(10-11-20(22)23)14-16-6-2-1-3-7-16;;/h1-9,14,18H,10-13,15,25H2;2*1H/b17-14-;;/t18-;;/m1../s1. The number of benzene rings is 2. The lowest BCUT2D eigenvalue weighted by molar-refractivity contribution is 0.0791. The van der Waals surface area contributed by atoms with Crippen LogP contribution >= 0.6 is 24.8 Å². The van der Waals surface area contributed by atoms with Crippen molar-refractivity contribution >= 4 is 53.3 Å². The Balaban J connectivity index is 0.00000128. The van der Waals surface area contributed by atoms with Gasteiger partial charge in [-0.1, -0.05) is 48.5 Å². The van der Waals surface area contributed by atoms with Crippen molar-refractivity contribution < 1.29 is 4.79 Å². The molecule has 1 aliphatic heterocycles. The van der Waals surface area contributed by atoms with Gasteiger partial charge in [0.25, 0.3) is 5.91 Å². The van der Waals surface area contributed by atoms with Gasteiger partial charge in [-0.25, -0.2) is 4.98 Å². The Hall–Kier alpha value is -2.40. The summed E-state index contributed by atoms with van der Waals surface area (Å²) < 4.78 is 0. The Labute approximate surface area is 189 Å². The Bertz CT molecular complexity index is 1100. The highest BCUT2D eigenvalue weighted by molar-refractivity contribution is 6.09. The summed E-state index contributed by atoms with van der Waals surface area (Å²) in [5.74, 6) is 0.101. The van der Waals surface area contributed by atoms with E-state index in [4.69, 9.17) is 10.7 Å². The topological polar surface area (TPSA) is 59.2 Å². The van der Waals surface area contributed by atoms with Crippen LogP contribution in [0.3, 0.4) is 0 Å². The lowest BCUT2D eigenvalue weighted by atomic mass is 9.99. The van der Waals surface area contributed by atoms with E-state index in [0.717, 1.165) is 53.5 Å². The number of halogens is 2. The number of allylic oxidation sites excluding steroid dienone is 1. The van der Waals surface area contributed by atoms with Crippen LogP contribution in [0.2, 0.25) is 0 Å². The number of hydrogen-bond donors (Lipinski definition) is 1. The number of carbonyl (C=O) groups excluding carboxylic acids is 1. The smallest absolute Gasteiger partial charge is 0.254 e. The Morgan fingerprint density at radius 2 is 1.77 bits per heavy atom. The van der Waals surface area contributed by atoms with Crippen molar-refractivity contribution in [2.45, 2.75) is 25.3 Å². The van der Waals surface area contributed by atoms with Crippen molar-refractivity contribution in [1.82, 2.24) is 9.88 Å². The first-order valence-electron chi connectivity index (χ1n) is 9.93. The van der Waals surface area contributed by atoms with Crippen LogP contribution in [-0.4, -0.2) is 34.9 Å². The summed E-state index contributed by atoms with van der Waals surface area (Å²) >= 11 is 0. The van der Waals surface area contributed by atoms with Gasteiger partial charge in [-0.2, -0.15) is 0 Å². The molecule has 1 amide bonds. The largest absolute Gasteiger partial charge is 0.337 e. The van der Waals surface area contributed by atoms with Crippen LogP contribution in [0.5, 0.6) is 0 Å². The lowest BCUT2D eigenvalue weighted by Crippen LogP contribution is -2.32. The van der Waals surface area contributed by atoms with Gasteiger partial charge in [0.15, 0.2) is 0 Å². The molecule has 0 bridgehead atoms. The van der Waals surface area contributed by atoms with Gasteiger partial charge in [0.05, 0.1) is 16.8 Å². The van der Waals surface area contributed by atoms with E-state index in [1.165, 1.54) is 11.1 Å². The van der Waals surface area contributed by atoms with Crippen LogP contribution in [0.1, 0.15) is 40.0 Å². The van der Waals surface area contributed by atoms with Crippen LogP contribution in [0.25, 0.3) is 22.6 Å². The molecule has 1 saturated heterocycles. The molecule has 2 N–H and O–H groups in total. The minimum absolute atomic E-state index is 0. The van der Waals surface area contributed by atoms with E-state index < -0.39 is 0 Å². The molecule has 0 saturated carbocycles. The molecule has 4 nitrogen and oxygen atoms in total. The Morgan fingerprint density at radius 3 is 2.50 bits per heavy atom. The maximum absolute atomic E-state index is 13.5. The average molecular weight is 442 g/mol. The van der Waals surface area contributed by atoms with Crippen molar-refractivity contribution in [3.8, 4) is 0 Å². The molecule has 1 fully saturated rings. The van der Waals surface area contributed by atoms with Crippen molar-refractivity contribution in [3.05, 3.63) is 77.0 Å². The molecule has 6 heteroatoms. The van der Waals surface area contributed by atoms with E-state index in [0.29, 0.717) is 6.54 Å². The molecular formula is C24H25Cl2N3O. The number of nitrogens with two attached hydrogens (primary N) is 1. The van der Waals surface area contributed by atoms with Gasteiger partial charge in [-0.15, -0.1) is 24.8 Å². The molecule has 3 aromatic rings. The Morgan fingerprint density at radius 1 is 1.03 bits per heavy atom. The maximum atomic E-state index is 13.5. The number of likely N-dealkylation sites (tertiary alicyclic amines) is 1. The molecule has 1 aliphatic carbocycles. The van der Waals surface area contributed by atoms with Gasteiger partial charge in [-0.05, 0) is 48.1 Å². The zero-order valence-corrected chi connectivity index (χ0v) is 18.2. The quantitative estimate of drug-likeness (QED) is 0.624. The highest BCUT2D eigenvalue weighted by Crippen LogP contribution is 2.38. The molecule has 5 rings (SSSR count). The third-order valence-electron chi connectivity index (χ3n) is 5.81. The van der Waals surface area contributed by atoms with Gasteiger partial charge in [0, 0.05) is 24.5 Å². The third kappa shape index (κ3) is 3.95.